The predicted octanol–water partition coefficient (Wildman–Crippen LogP) is 2.49. The van der Waals surface area contributed by atoms with Gasteiger partial charge in [-0.2, -0.15) is 0 Å². The highest BCUT2D eigenvalue weighted by Crippen LogP contribution is 2.25. The zero-order chi connectivity index (χ0) is 13.8. The highest BCUT2D eigenvalue weighted by Gasteiger charge is 2.18. The second-order valence-corrected chi connectivity index (χ2v) is 5.48. The van der Waals surface area contributed by atoms with Crippen LogP contribution in [0.3, 0.4) is 0 Å². The number of rotatable bonds is 4. The summed E-state index contributed by atoms with van der Waals surface area (Å²) >= 11 is 5.97. The van der Waals surface area contributed by atoms with E-state index in [2.05, 4.69) is 4.90 Å². The molecule has 1 fully saturated rings. The maximum atomic E-state index is 7.65. The maximum absolute atomic E-state index is 7.65. The largest absolute Gasteiger partial charge is 0.384 e. The van der Waals surface area contributed by atoms with Gasteiger partial charge in [-0.1, -0.05) is 11.6 Å². The van der Waals surface area contributed by atoms with Crippen molar-refractivity contribution in [2.45, 2.75) is 12.8 Å². The van der Waals surface area contributed by atoms with E-state index >= 15 is 0 Å². The van der Waals surface area contributed by atoms with Gasteiger partial charge in [-0.3, -0.25) is 5.41 Å². The molecule has 3 N–H and O–H groups in total. The maximum Gasteiger partial charge on any atom is 0.124 e. The van der Waals surface area contributed by atoms with Crippen LogP contribution in [0, 0.1) is 11.3 Å². The molecule has 0 radical (unpaired) electrons. The molecule has 2 rings (SSSR count). The fourth-order valence-corrected chi connectivity index (χ4v) is 2.67. The molecule has 1 unspecified atom stereocenters. The number of nitrogens with one attached hydrogen (secondary N) is 1. The van der Waals surface area contributed by atoms with Crippen LogP contribution in [0.4, 0.5) is 5.69 Å². The van der Waals surface area contributed by atoms with Crippen molar-refractivity contribution in [2.75, 3.05) is 31.7 Å². The quantitative estimate of drug-likeness (QED) is 0.658. The molecule has 1 atom stereocenters. The Labute approximate surface area is 119 Å². The van der Waals surface area contributed by atoms with Crippen molar-refractivity contribution < 1.29 is 4.74 Å². The average Bonchev–Trinajstić information content (AvgIpc) is 2.39. The molecule has 0 aromatic heterocycles. The number of nitrogen functional groups attached to an aromatic ring is 1. The normalized spacial score (nSPS) is 19.2. The van der Waals surface area contributed by atoms with Gasteiger partial charge in [0.2, 0.25) is 0 Å². The Morgan fingerprint density at radius 3 is 3.00 bits per heavy atom. The lowest BCUT2D eigenvalue weighted by molar-refractivity contribution is 0.0576. The second kappa shape index (κ2) is 6.26. The molecule has 1 aromatic carbocycles. The topological polar surface area (TPSA) is 62.3 Å². The lowest BCUT2D eigenvalue weighted by Crippen LogP contribution is -2.32. The van der Waals surface area contributed by atoms with Crippen molar-refractivity contribution in [1.82, 2.24) is 0 Å². The van der Waals surface area contributed by atoms with E-state index in [0.717, 1.165) is 31.9 Å². The summed E-state index contributed by atoms with van der Waals surface area (Å²) in [6, 6.07) is 5.49. The highest BCUT2D eigenvalue weighted by atomic mass is 35.5. The van der Waals surface area contributed by atoms with Gasteiger partial charge in [0.25, 0.3) is 0 Å². The van der Waals surface area contributed by atoms with Gasteiger partial charge in [0, 0.05) is 36.5 Å². The van der Waals surface area contributed by atoms with E-state index in [1.54, 1.807) is 6.07 Å². The standard InChI is InChI=1S/C14H20ClN3O/c1-18(8-10-3-2-6-19-9-10)13-5-4-11(15)7-12(13)14(16)17/h4-5,7,10H,2-3,6,8-9H2,1H3,(H3,16,17). The number of benzene rings is 1. The van der Waals surface area contributed by atoms with Crippen LogP contribution >= 0.6 is 11.6 Å². The molecule has 104 valence electrons. The van der Waals surface area contributed by atoms with Crippen molar-refractivity contribution in [3.8, 4) is 0 Å². The van der Waals surface area contributed by atoms with Crippen LogP contribution in [0.2, 0.25) is 5.02 Å². The molecule has 0 amide bonds. The first-order valence-corrected chi connectivity index (χ1v) is 6.88. The van der Waals surface area contributed by atoms with Gasteiger partial charge in [0.05, 0.1) is 6.61 Å². The first-order valence-electron chi connectivity index (χ1n) is 6.50. The number of halogens is 1. The molecular formula is C14H20ClN3O. The fourth-order valence-electron chi connectivity index (χ4n) is 2.49. The minimum absolute atomic E-state index is 0.0456. The van der Waals surface area contributed by atoms with Gasteiger partial charge >= 0.3 is 0 Å². The first-order chi connectivity index (χ1) is 9.08. The fraction of sp³-hybridized carbons (Fsp3) is 0.500. The van der Waals surface area contributed by atoms with Gasteiger partial charge in [0.15, 0.2) is 0 Å². The van der Waals surface area contributed by atoms with Crippen molar-refractivity contribution in [1.29, 1.82) is 5.41 Å². The first kappa shape index (κ1) is 14.2. The van der Waals surface area contributed by atoms with Crippen LogP contribution in [0.1, 0.15) is 18.4 Å². The Morgan fingerprint density at radius 1 is 1.58 bits per heavy atom. The molecular weight excluding hydrogens is 262 g/mol. The van der Waals surface area contributed by atoms with Gasteiger partial charge in [0.1, 0.15) is 5.84 Å². The van der Waals surface area contributed by atoms with E-state index in [-0.39, 0.29) is 5.84 Å². The van der Waals surface area contributed by atoms with Crippen molar-refractivity contribution in [3.63, 3.8) is 0 Å². The number of nitrogens with two attached hydrogens (primary N) is 1. The predicted molar refractivity (Wildman–Crippen MR) is 79.3 cm³/mol. The number of anilines is 1. The second-order valence-electron chi connectivity index (χ2n) is 5.04. The number of nitrogens with zero attached hydrogens (tertiary/aromatic N) is 1. The average molecular weight is 282 g/mol. The summed E-state index contributed by atoms with van der Waals surface area (Å²) in [5.74, 6) is 0.582. The number of amidine groups is 1. The van der Waals surface area contributed by atoms with Crippen LogP contribution in [-0.4, -0.2) is 32.6 Å². The Bertz CT molecular complexity index is 458. The van der Waals surface area contributed by atoms with Crippen molar-refractivity contribution in [3.05, 3.63) is 28.8 Å². The van der Waals surface area contributed by atoms with Crippen molar-refractivity contribution >= 4 is 23.1 Å². The minimum Gasteiger partial charge on any atom is -0.384 e. The molecule has 0 aliphatic carbocycles. The molecule has 1 heterocycles. The smallest absolute Gasteiger partial charge is 0.124 e. The third kappa shape index (κ3) is 3.61. The minimum atomic E-state index is 0.0456. The van der Waals surface area contributed by atoms with Gasteiger partial charge in [-0.15, -0.1) is 0 Å². The monoisotopic (exact) mass is 281 g/mol. The highest BCUT2D eigenvalue weighted by molar-refractivity contribution is 6.31. The van der Waals surface area contributed by atoms with Gasteiger partial charge in [-0.25, -0.2) is 0 Å². The van der Waals surface area contributed by atoms with E-state index in [1.165, 1.54) is 6.42 Å². The Kier molecular flexibility index (Phi) is 4.66. The van der Waals surface area contributed by atoms with E-state index in [9.17, 15) is 0 Å². The third-order valence-corrected chi connectivity index (χ3v) is 3.68. The molecule has 0 saturated carbocycles. The number of hydrogen-bond acceptors (Lipinski definition) is 3. The lowest BCUT2D eigenvalue weighted by atomic mass is 10.0. The molecule has 1 aliphatic rings. The molecule has 4 nitrogen and oxygen atoms in total. The Hall–Kier alpha value is -1.26. The summed E-state index contributed by atoms with van der Waals surface area (Å²) in [7, 11) is 2.02. The Balaban J connectivity index is 2.13. The summed E-state index contributed by atoms with van der Waals surface area (Å²) in [6.45, 7) is 2.59. The van der Waals surface area contributed by atoms with Crippen LogP contribution in [0.5, 0.6) is 0 Å². The molecule has 19 heavy (non-hydrogen) atoms. The SMILES string of the molecule is CN(CC1CCCOC1)c1ccc(Cl)cc1C(=N)N. The molecule has 1 aliphatic heterocycles. The van der Waals surface area contributed by atoms with Crippen molar-refractivity contribution in [2.24, 2.45) is 11.7 Å². The molecule has 0 spiro atoms. The van der Waals surface area contributed by atoms with E-state index in [1.807, 2.05) is 19.2 Å². The van der Waals surface area contributed by atoms with E-state index in [4.69, 9.17) is 27.5 Å². The summed E-state index contributed by atoms with van der Waals surface area (Å²) < 4.78 is 5.50. The summed E-state index contributed by atoms with van der Waals surface area (Å²) in [4.78, 5) is 2.13. The van der Waals surface area contributed by atoms with Crippen LogP contribution < -0.4 is 10.6 Å². The van der Waals surface area contributed by atoms with E-state index < -0.39 is 0 Å². The van der Waals surface area contributed by atoms with Gasteiger partial charge in [-0.05, 0) is 37.0 Å². The summed E-state index contributed by atoms with van der Waals surface area (Å²) in [5.41, 5.74) is 7.26. The molecule has 0 bridgehead atoms. The molecule has 1 aromatic rings. The lowest BCUT2D eigenvalue weighted by Gasteiger charge is -2.29. The van der Waals surface area contributed by atoms with Crippen LogP contribution in [0.15, 0.2) is 18.2 Å². The number of hydrogen-bond donors (Lipinski definition) is 2. The zero-order valence-electron chi connectivity index (χ0n) is 11.2. The van der Waals surface area contributed by atoms with Crippen LogP contribution in [0.25, 0.3) is 0 Å². The summed E-state index contributed by atoms with van der Waals surface area (Å²) in [5, 5.41) is 8.25. The van der Waals surface area contributed by atoms with Crippen LogP contribution in [-0.2, 0) is 4.74 Å². The van der Waals surface area contributed by atoms with Gasteiger partial charge < -0.3 is 15.4 Å². The Morgan fingerprint density at radius 2 is 2.37 bits per heavy atom. The van der Waals surface area contributed by atoms with E-state index in [0.29, 0.717) is 16.5 Å². The third-order valence-electron chi connectivity index (χ3n) is 3.45. The zero-order valence-corrected chi connectivity index (χ0v) is 11.9. The molecule has 5 heteroatoms. The summed E-state index contributed by atoms with van der Waals surface area (Å²) in [6.07, 6.45) is 2.31. The number of ether oxygens (including phenoxy) is 1. The molecule has 1 saturated heterocycles.